The van der Waals surface area contributed by atoms with Crippen molar-refractivity contribution in [2.75, 3.05) is 7.11 Å². The van der Waals surface area contributed by atoms with Crippen LogP contribution in [0.1, 0.15) is 45.7 Å². The number of methoxy groups -OCH3 is 1. The van der Waals surface area contributed by atoms with Crippen molar-refractivity contribution in [2.24, 2.45) is 11.7 Å². The second-order valence-corrected chi connectivity index (χ2v) is 6.40. The van der Waals surface area contributed by atoms with E-state index in [0.717, 1.165) is 12.0 Å². The van der Waals surface area contributed by atoms with Crippen molar-refractivity contribution in [1.82, 2.24) is 4.98 Å². The normalized spacial score (nSPS) is 26.1. The highest BCUT2D eigenvalue weighted by atomic mass is 16.5. The monoisotopic (exact) mass is 264 g/mol. The van der Waals surface area contributed by atoms with Crippen LogP contribution in [0.4, 0.5) is 0 Å². The van der Waals surface area contributed by atoms with Crippen LogP contribution in [0.25, 0.3) is 0 Å². The zero-order valence-electron chi connectivity index (χ0n) is 12.4. The highest BCUT2D eigenvalue weighted by molar-refractivity contribution is 5.30. The highest BCUT2D eigenvalue weighted by Crippen LogP contribution is 2.47. The van der Waals surface area contributed by atoms with Crippen molar-refractivity contribution in [3.63, 3.8) is 0 Å². The molecule has 1 aliphatic rings. The third-order valence-corrected chi connectivity index (χ3v) is 3.93. The Morgan fingerprint density at radius 1 is 1.42 bits per heavy atom. The smallest absolute Gasteiger partial charge is 0.217 e. The van der Waals surface area contributed by atoms with Gasteiger partial charge in [0.15, 0.2) is 0 Å². The molecule has 0 radical (unpaired) electrons. The van der Waals surface area contributed by atoms with Crippen LogP contribution in [0.2, 0.25) is 0 Å². The van der Waals surface area contributed by atoms with Gasteiger partial charge < -0.3 is 15.2 Å². The molecule has 0 amide bonds. The van der Waals surface area contributed by atoms with Gasteiger partial charge in [-0.05, 0) is 40.2 Å². The molecule has 2 unspecified atom stereocenters. The average Bonchev–Trinajstić information content (AvgIpc) is 2.56. The molecule has 0 saturated carbocycles. The van der Waals surface area contributed by atoms with Gasteiger partial charge in [-0.2, -0.15) is 0 Å². The maximum absolute atomic E-state index is 6.47. The van der Waals surface area contributed by atoms with Crippen molar-refractivity contribution in [3.05, 3.63) is 23.9 Å². The van der Waals surface area contributed by atoms with E-state index in [1.54, 1.807) is 13.3 Å². The summed E-state index contributed by atoms with van der Waals surface area (Å²) in [5.41, 5.74) is 7.04. The number of ether oxygens (including phenoxy) is 2. The molecule has 0 aliphatic carbocycles. The summed E-state index contributed by atoms with van der Waals surface area (Å²) in [5.74, 6) is 0.844. The molecule has 1 saturated heterocycles. The number of nitrogens with two attached hydrogens (primary N) is 1. The Bertz CT molecular complexity index is 457. The maximum Gasteiger partial charge on any atom is 0.217 e. The van der Waals surface area contributed by atoms with E-state index in [2.05, 4.69) is 32.7 Å². The summed E-state index contributed by atoms with van der Waals surface area (Å²) in [4.78, 5) is 4.23. The lowest BCUT2D eigenvalue weighted by Gasteiger charge is -2.31. The number of aromatic nitrogens is 1. The summed E-state index contributed by atoms with van der Waals surface area (Å²) in [6.45, 7) is 8.44. The summed E-state index contributed by atoms with van der Waals surface area (Å²) >= 11 is 0. The molecule has 2 heterocycles. The van der Waals surface area contributed by atoms with Gasteiger partial charge in [0.2, 0.25) is 5.88 Å². The molecule has 19 heavy (non-hydrogen) atoms. The van der Waals surface area contributed by atoms with Crippen LogP contribution in [0.5, 0.6) is 5.88 Å². The van der Waals surface area contributed by atoms with Gasteiger partial charge in [-0.25, -0.2) is 4.98 Å². The Morgan fingerprint density at radius 2 is 2.11 bits per heavy atom. The van der Waals surface area contributed by atoms with Crippen LogP contribution in [0.15, 0.2) is 18.3 Å². The van der Waals surface area contributed by atoms with Gasteiger partial charge in [-0.15, -0.1) is 0 Å². The first-order chi connectivity index (χ1) is 8.77. The number of hydrogen-bond acceptors (Lipinski definition) is 4. The molecule has 4 heteroatoms. The zero-order valence-corrected chi connectivity index (χ0v) is 12.4. The number of hydrogen-bond donors (Lipinski definition) is 1. The van der Waals surface area contributed by atoms with E-state index in [4.69, 9.17) is 15.2 Å². The van der Waals surface area contributed by atoms with Crippen LogP contribution < -0.4 is 10.5 Å². The molecule has 1 fully saturated rings. The summed E-state index contributed by atoms with van der Waals surface area (Å²) in [5, 5.41) is 0. The van der Waals surface area contributed by atoms with Crippen LogP contribution in [0, 0.1) is 5.92 Å². The molecule has 2 atom stereocenters. The lowest BCUT2D eigenvalue weighted by Crippen LogP contribution is -2.36. The molecule has 2 rings (SSSR count). The Labute approximate surface area is 115 Å². The highest BCUT2D eigenvalue weighted by Gasteiger charge is 2.48. The van der Waals surface area contributed by atoms with E-state index in [1.165, 1.54) is 0 Å². The minimum absolute atomic E-state index is 0.138. The third-order valence-electron chi connectivity index (χ3n) is 3.93. The van der Waals surface area contributed by atoms with Crippen molar-refractivity contribution in [2.45, 2.75) is 51.4 Å². The molecule has 1 aliphatic heterocycles. The van der Waals surface area contributed by atoms with Gasteiger partial charge in [0, 0.05) is 23.7 Å². The maximum atomic E-state index is 6.47. The van der Waals surface area contributed by atoms with E-state index in [-0.39, 0.29) is 23.2 Å². The number of rotatable bonds is 3. The molecule has 2 N–H and O–H groups in total. The molecule has 0 bridgehead atoms. The van der Waals surface area contributed by atoms with Crippen molar-refractivity contribution >= 4 is 0 Å². The summed E-state index contributed by atoms with van der Waals surface area (Å²) in [6.07, 6.45) is 2.65. The summed E-state index contributed by atoms with van der Waals surface area (Å²) in [7, 11) is 1.62. The topological polar surface area (TPSA) is 57.4 Å². The van der Waals surface area contributed by atoms with Crippen LogP contribution in [-0.2, 0) is 4.74 Å². The van der Waals surface area contributed by atoms with E-state index in [9.17, 15) is 0 Å². The van der Waals surface area contributed by atoms with E-state index < -0.39 is 0 Å². The quantitative estimate of drug-likeness (QED) is 0.912. The number of nitrogens with zero attached hydrogens (tertiary/aromatic N) is 1. The van der Waals surface area contributed by atoms with Crippen LogP contribution in [0.3, 0.4) is 0 Å². The fourth-order valence-electron chi connectivity index (χ4n) is 3.21. The predicted octanol–water partition coefficient (Wildman–Crippen LogP) is 2.68. The van der Waals surface area contributed by atoms with E-state index in [1.807, 2.05) is 12.1 Å². The lowest BCUT2D eigenvalue weighted by molar-refractivity contribution is -0.0767. The number of pyridine rings is 1. The molecule has 0 spiro atoms. The minimum Gasteiger partial charge on any atom is -0.481 e. The molecule has 4 nitrogen and oxygen atoms in total. The van der Waals surface area contributed by atoms with Crippen molar-refractivity contribution < 1.29 is 9.47 Å². The Morgan fingerprint density at radius 3 is 2.63 bits per heavy atom. The predicted molar refractivity (Wildman–Crippen MR) is 75.1 cm³/mol. The average molecular weight is 264 g/mol. The van der Waals surface area contributed by atoms with E-state index >= 15 is 0 Å². The van der Waals surface area contributed by atoms with Crippen LogP contribution >= 0.6 is 0 Å². The Kier molecular flexibility index (Phi) is 3.58. The molecule has 1 aromatic rings. The van der Waals surface area contributed by atoms with Crippen molar-refractivity contribution in [3.8, 4) is 5.88 Å². The van der Waals surface area contributed by atoms with Gasteiger partial charge in [-0.1, -0.05) is 6.07 Å². The summed E-state index contributed by atoms with van der Waals surface area (Å²) < 4.78 is 11.4. The summed E-state index contributed by atoms with van der Waals surface area (Å²) in [6, 6.07) is 3.74. The van der Waals surface area contributed by atoms with E-state index in [0.29, 0.717) is 5.88 Å². The second-order valence-electron chi connectivity index (χ2n) is 6.40. The molecular weight excluding hydrogens is 240 g/mol. The first-order valence-electron chi connectivity index (χ1n) is 6.71. The van der Waals surface area contributed by atoms with Gasteiger partial charge in [0.1, 0.15) is 0 Å². The molecule has 0 aromatic carbocycles. The third kappa shape index (κ3) is 2.74. The largest absolute Gasteiger partial charge is 0.481 e. The first kappa shape index (κ1) is 14.3. The fourth-order valence-corrected chi connectivity index (χ4v) is 3.21. The molecular formula is C15H24N2O2. The van der Waals surface area contributed by atoms with Gasteiger partial charge in [-0.3, -0.25) is 0 Å². The first-order valence-corrected chi connectivity index (χ1v) is 6.71. The SMILES string of the molecule is COc1ncccc1C(N)C1CC(C)(C)OC1(C)C. The minimum atomic E-state index is -0.246. The van der Waals surface area contributed by atoms with Gasteiger partial charge in [0.05, 0.1) is 18.3 Å². The zero-order chi connectivity index (χ0) is 14.3. The molecule has 1 aromatic heterocycles. The standard InChI is InChI=1S/C15H24N2O2/c1-14(2)9-11(15(3,4)19-14)12(16)10-7-6-8-17-13(10)18-5/h6-8,11-12H,9,16H2,1-5H3. The van der Waals surface area contributed by atoms with Gasteiger partial charge in [0.25, 0.3) is 0 Å². The van der Waals surface area contributed by atoms with Crippen molar-refractivity contribution in [1.29, 1.82) is 0 Å². The second kappa shape index (κ2) is 4.76. The Hall–Kier alpha value is -1.13. The fraction of sp³-hybridized carbons (Fsp3) is 0.667. The lowest BCUT2D eigenvalue weighted by atomic mass is 9.79. The Balaban J connectivity index is 2.31. The molecule has 106 valence electrons. The van der Waals surface area contributed by atoms with Crippen LogP contribution in [-0.4, -0.2) is 23.3 Å². The van der Waals surface area contributed by atoms with Gasteiger partial charge >= 0.3 is 0 Å².